The summed E-state index contributed by atoms with van der Waals surface area (Å²) in [5, 5.41) is 0. The zero-order chi connectivity index (χ0) is 9.68. The highest BCUT2D eigenvalue weighted by molar-refractivity contribution is 5.85. The second kappa shape index (κ2) is 8.47. The van der Waals surface area contributed by atoms with E-state index in [0.29, 0.717) is 6.42 Å². The maximum atomic E-state index is 10.9. The average Bonchev–Trinajstić information content (AvgIpc) is 2.18. The summed E-state index contributed by atoms with van der Waals surface area (Å²) in [6.45, 7) is 0. The highest BCUT2D eigenvalue weighted by atomic mass is 35.5. The van der Waals surface area contributed by atoms with Crippen LogP contribution in [0.1, 0.15) is 5.69 Å². The lowest BCUT2D eigenvalue weighted by Gasteiger charge is -2.07. The zero-order valence-electron chi connectivity index (χ0n) is 8.25. The Balaban J connectivity index is 0. The molecule has 0 aliphatic heterocycles. The van der Waals surface area contributed by atoms with Crippen molar-refractivity contribution >= 4 is 30.8 Å². The van der Waals surface area contributed by atoms with Gasteiger partial charge in [0, 0.05) is 18.3 Å². The normalized spacial score (nSPS) is 10.5. The number of rotatable bonds is 3. The molecule has 2 N–H and O–H groups in total. The van der Waals surface area contributed by atoms with Gasteiger partial charge in [0.2, 0.25) is 0 Å². The molecule has 0 bridgehead atoms. The van der Waals surface area contributed by atoms with E-state index >= 15 is 0 Å². The lowest BCUT2D eigenvalue weighted by molar-refractivity contribution is -0.142. The van der Waals surface area contributed by atoms with Crippen molar-refractivity contribution in [1.29, 1.82) is 0 Å². The van der Waals surface area contributed by atoms with E-state index in [1.165, 1.54) is 7.11 Å². The minimum absolute atomic E-state index is 0. The maximum absolute atomic E-state index is 10.9. The van der Waals surface area contributed by atoms with Crippen LogP contribution in [0.25, 0.3) is 0 Å². The van der Waals surface area contributed by atoms with Gasteiger partial charge in [-0.2, -0.15) is 0 Å². The first-order valence-electron chi connectivity index (χ1n) is 3.97. The zero-order valence-corrected chi connectivity index (χ0v) is 9.88. The van der Waals surface area contributed by atoms with Crippen LogP contribution >= 0.6 is 24.8 Å². The van der Waals surface area contributed by atoms with Gasteiger partial charge in [0.15, 0.2) is 0 Å². The molecule has 86 valence electrons. The summed E-state index contributed by atoms with van der Waals surface area (Å²) in [6.07, 6.45) is 2.08. The van der Waals surface area contributed by atoms with E-state index in [2.05, 4.69) is 9.72 Å². The standard InChI is InChI=1S/C9H12N2O2.2ClH/c1-13-9(12)8(10)6-7-4-2-3-5-11-7;;/h2-5,8H,6,10H2,1H3;2*1H/t8-;;/m1../s1. The third kappa shape index (κ3) is 5.57. The van der Waals surface area contributed by atoms with Crippen molar-refractivity contribution in [2.24, 2.45) is 5.73 Å². The molecule has 0 fully saturated rings. The van der Waals surface area contributed by atoms with E-state index < -0.39 is 12.0 Å². The molecule has 1 aromatic rings. The number of halogens is 2. The van der Waals surface area contributed by atoms with Crippen molar-refractivity contribution < 1.29 is 9.53 Å². The van der Waals surface area contributed by atoms with Gasteiger partial charge in [0.1, 0.15) is 6.04 Å². The lowest BCUT2D eigenvalue weighted by atomic mass is 10.1. The number of carbonyl (C=O) groups is 1. The van der Waals surface area contributed by atoms with Crippen LogP contribution in [0.2, 0.25) is 0 Å². The highest BCUT2D eigenvalue weighted by Crippen LogP contribution is 1.98. The number of hydrogen-bond donors (Lipinski definition) is 1. The van der Waals surface area contributed by atoms with E-state index in [-0.39, 0.29) is 24.8 Å². The average molecular weight is 253 g/mol. The van der Waals surface area contributed by atoms with Crippen LogP contribution < -0.4 is 5.73 Å². The van der Waals surface area contributed by atoms with Crippen LogP contribution in [-0.2, 0) is 16.0 Å². The van der Waals surface area contributed by atoms with Crippen molar-refractivity contribution in [1.82, 2.24) is 4.98 Å². The molecule has 0 saturated heterocycles. The highest BCUT2D eigenvalue weighted by Gasteiger charge is 2.14. The fourth-order valence-electron chi connectivity index (χ4n) is 0.979. The maximum Gasteiger partial charge on any atom is 0.323 e. The Labute approximate surface area is 101 Å². The molecule has 0 unspecified atom stereocenters. The first-order valence-corrected chi connectivity index (χ1v) is 3.97. The van der Waals surface area contributed by atoms with Gasteiger partial charge in [-0.25, -0.2) is 0 Å². The number of esters is 1. The van der Waals surface area contributed by atoms with Gasteiger partial charge in [-0.05, 0) is 12.1 Å². The minimum Gasteiger partial charge on any atom is -0.468 e. The van der Waals surface area contributed by atoms with Crippen LogP contribution in [0.15, 0.2) is 24.4 Å². The Hall–Kier alpha value is -0.840. The molecule has 0 aromatic carbocycles. The molecule has 0 radical (unpaired) electrons. The van der Waals surface area contributed by atoms with Crippen LogP contribution in [0.3, 0.4) is 0 Å². The van der Waals surface area contributed by atoms with Gasteiger partial charge in [-0.15, -0.1) is 24.8 Å². The predicted octanol–water partition coefficient (Wildman–Crippen LogP) is 0.968. The van der Waals surface area contributed by atoms with Crippen LogP contribution in [0, 0.1) is 0 Å². The Bertz CT molecular complexity index is 283. The first-order chi connectivity index (χ1) is 6.24. The number of nitrogens with two attached hydrogens (primary N) is 1. The first kappa shape index (κ1) is 16.6. The Morgan fingerprint density at radius 3 is 2.67 bits per heavy atom. The number of hydrogen-bond acceptors (Lipinski definition) is 4. The molecular formula is C9H14Cl2N2O2. The number of pyridine rings is 1. The molecule has 0 spiro atoms. The fourth-order valence-corrected chi connectivity index (χ4v) is 0.979. The molecule has 1 rings (SSSR count). The molecule has 0 aliphatic rings. The van der Waals surface area contributed by atoms with Gasteiger partial charge in [0.25, 0.3) is 0 Å². The Morgan fingerprint density at radius 1 is 1.53 bits per heavy atom. The monoisotopic (exact) mass is 252 g/mol. The lowest BCUT2D eigenvalue weighted by Crippen LogP contribution is -2.33. The fraction of sp³-hybridized carbons (Fsp3) is 0.333. The van der Waals surface area contributed by atoms with Gasteiger partial charge in [-0.3, -0.25) is 9.78 Å². The smallest absolute Gasteiger partial charge is 0.323 e. The quantitative estimate of drug-likeness (QED) is 0.815. The number of nitrogens with zero attached hydrogens (tertiary/aromatic N) is 1. The summed E-state index contributed by atoms with van der Waals surface area (Å²) in [5.41, 5.74) is 6.34. The van der Waals surface area contributed by atoms with E-state index in [0.717, 1.165) is 5.69 Å². The van der Waals surface area contributed by atoms with Gasteiger partial charge in [-0.1, -0.05) is 6.07 Å². The van der Waals surface area contributed by atoms with Crippen molar-refractivity contribution in [3.8, 4) is 0 Å². The summed E-state index contributed by atoms with van der Waals surface area (Å²) in [6, 6.07) is 4.86. The molecule has 1 aromatic heterocycles. The SMILES string of the molecule is COC(=O)[C@H](N)Cc1ccccn1.Cl.Cl. The number of carbonyl (C=O) groups excluding carboxylic acids is 1. The molecule has 0 aliphatic carbocycles. The second-order valence-corrected chi connectivity index (χ2v) is 2.65. The van der Waals surface area contributed by atoms with Gasteiger partial charge < -0.3 is 10.5 Å². The largest absolute Gasteiger partial charge is 0.468 e. The molecule has 4 nitrogen and oxygen atoms in total. The molecule has 15 heavy (non-hydrogen) atoms. The topological polar surface area (TPSA) is 65.2 Å². The van der Waals surface area contributed by atoms with E-state index in [1.807, 2.05) is 18.2 Å². The van der Waals surface area contributed by atoms with Crippen molar-refractivity contribution in [3.05, 3.63) is 30.1 Å². The second-order valence-electron chi connectivity index (χ2n) is 2.65. The molecule has 0 saturated carbocycles. The summed E-state index contributed by atoms with van der Waals surface area (Å²) < 4.78 is 4.49. The Kier molecular flexibility index (Phi) is 9.36. The summed E-state index contributed by atoms with van der Waals surface area (Å²) in [5.74, 6) is -0.411. The minimum atomic E-state index is -0.625. The molecular weight excluding hydrogens is 239 g/mol. The predicted molar refractivity (Wildman–Crippen MR) is 62.4 cm³/mol. The van der Waals surface area contributed by atoms with Gasteiger partial charge >= 0.3 is 5.97 Å². The van der Waals surface area contributed by atoms with Crippen LogP contribution in [-0.4, -0.2) is 24.1 Å². The number of ether oxygens (including phenoxy) is 1. The summed E-state index contributed by atoms with van der Waals surface area (Å²) in [4.78, 5) is 15.0. The summed E-state index contributed by atoms with van der Waals surface area (Å²) in [7, 11) is 1.32. The molecule has 0 amide bonds. The molecule has 6 heteroatoms. The summed E-state index contributed by atoms with van der Waals surface area (Å²) >= 11 is 0. The van der Waals surface area contributed by atoms with E-state index in [1.54, 1.807) is 6.20 Å². The van der Waals surface area contributed by atoms with E-state index in [9.17, 15) is 4.79 Å². The van der Waals surface area contributed by atoms with Crippen molar-refractivity contribution in [2.75, 3.05) is 7.11 Å². The number of methoxy groups -OCH3 is 1. The third-order valence-corrected chi connectivity index (χ3v) is 1.66. The Morgan fingerprint density at radius 2 is 2.20 bits per heavy atom. The third-order valence-electron chi connectivity index (χ3n) is 1.66. The van der Waals surface area contributed by atoms with E-state index in [4.69, 9.17) is 5.73 Å². The number of aromatic nitrogens is 1. The van der Waals surface area contributed by atoms with Crippen molar-refractivity contribution in [3.63, 3.8) is 0 Å². The van der Waals surface area contributed by atoms with Gasteiger partial charge in [0.05, 0.1) is 7.11 Å². The van der Waals surface area contributed by atoms with Crippen LogP contribution in [0.5, 0.6) is 0 Å². The van der Waals surface area contributed by atoms with Crippen molar-refractivity contribution in [2.45, 2.75) is 12.5 Å². The van der Waals surface area contributed by atoms with Crippen LogP contribution in [0.4, 0.5) is 0 Å². The molecule has 1 heterocycles. The molecule has 1 atom stereocenters.